The molecule has 1 saturated heterocycles. The minimum atomic E-state index is -3.35. The molecule has 66 valence electrons. The van der Waals surface area contributed by atoms with Crippen LogP contribution in [0.1, 0.15) is 19.3 Å². The molecule has 1 rings (SSSR count). The van der Waals surface area contributed by atoms with Crippen molar-refractivity contribution >= 4 is 10.0 Å². The average molecular weight is 179 g/mol. The van der Waals surface area contributed by atoms with Gasteiger partial charge in [-0.15, -0.1) is 0 Å². The van der Waals surface area contributed by atoms with Crippen molar-refractivity contribution < 1.29 is 13.2 Å². The average Bonchev–Trinajstić information content (AvgIpc) is 1.85. The zero-order valence-electron chi connectivity index (χ0n) is 6.32. The Balaban J connectivity index is 2.36. The summed E-state index contributed by atoms with van der Waals surface area (Å²) in [6.07, 6.45) is 2.72. The van der Waals surface area contributed by atoms with Gasteiger partial charge in [-0.25, -0.2) is 13.6 Å². The maximum atomic E-state index is 10.6. The van der Waals surface area contributed by atoms with E-state index in [9.17, 15) is 8.42 Å². The van der Waals surface area contributed by atoms with Crippen molar-refractivity contribution in [1.82, 2.24) is 0 Å². The Kier molecular flexibility index (Phi) is 2.86. The minimum absolute atomic E-state index is 0.0347. The first kappa shape index (κ1) is 8.96. The summed E-state index contributed by atoms with van der Waals surface area (Å²) in [4.78, 5) is 0. The van der Waals surface area contributed by atoms with E-state index in [2.05, 4.69) is 0 Å². The van der Waals surface area contributed by atoms with Crippen LogP contribution in [0.2, 0.25) is 0 Å². The van der Waals surface area contributed by atoms with Crippen LogP contribution in [0.3, 0.4) is 0 Å². The molecule has 0 aromatic carbocycles. The maximum absolute atomic E-state index is 10.6. The van der Waals surface area contributed by atoms with Crippen LogP contribution in [-0.4, -0.2) is 26.9 Å². The smallest absolute Gasteiger partial charge is 0.211 e. The lowest BCUT2D eigenvalue weighted by molar-refractivity contribution is 0.0305. The van der Waals surface area contributed by atoms with E-state index in [1.54, 1.807) is 0 Å². The first-order valence-corrected chi connectivity index (χ1v) is 5.41. The predicted octanol–water partition coefficient (Wildman–Crippen LogP) is -0.156. The van der Waals surface area contributed by atoms with Crippen LogP contribution in [0.5, 0.6) is 0 Å². The maximum Gasteiger partial charge on any atom is 0.211 e. The number of ether oxygens (including phenoxy) is 1. The third-order valence-electron chi connectivity index (χ3n) is 1.69. The third kappa shape index (κ3) is 3.69. The van der Waals surface area contributed by atoms with Gasteiger partial charge in [-0.1, -0.05) is 0 Å². The largest absolute Gasteiger partial charge is 0.377 e. The zero-order valence-corrected chi connectivity index (χ0v) is 7.14. The number of primary sulfonamides is 1. The summed E-state index contributed by atoms with van der Waals surface area (Å²) < 4.78 is 26.4. The number of hydrogen-bond donors (Lipinski definition) is 1. The lowest BCUT2D eigenvalue weighted by Gasteiger charge is -2.21. The van der Waals surface area contributed by atoms with Gasteiger partial charge in [0.15, 0.2) is 0 Å². The van der Waals surface area contributed by atoms with Crippen molar-refractivity contribution in [2.24, 2.45) is 5.14 Å². The summed E-state index contributed by atoms with van der Waals surface area (Å²) in [7, 11) is -3.35. The minimum Gasteiger partial charge on any atom is -0.377 e. The quantitative estimate of drug-likeness (QED) is 0.640. The van der Waals surface area contributed by atoms with Gasteiger partial charge in [-0.2, -0.15) is 0 Å². The van der Waals surface area contributed by atoms with Crippen LogP contribution in [0.4, 0.5) is 0 Å². The Morgan fingerprint density at radius 1 is 1.45 bits per heavy atom. The normalized spacial score (nSPS) is 26.8. The van der Waals surface area contributed by atoms with Crippen LogP contribution >= 0.6 is 0 Å². The summed E-state index contributed by atoms with van der Waals surface area (Å²) in [5.74, 6) is -0.0347. The highest BCUT2D eigenvalue weighted by atomic mass is 32.2. The van der Waals surface area contributed by atoms with Gasteiger partial charge in [0.05, 0.1) is 11.9 Å². The first-order chi connectivity index (χ1) is 5.08. The van der Waals surface area contributed by atoms with E-state index < -0.39 is 10.0 Å². The van der Waals surface area contributed by atoms with E-state index in [4.69, 9.17) is 9.88 Å². The molecule has 2 N–H and O–H groups in total. The van der Waals surface area contributed by atoms with Gasteiger partial charge < -0.3 is 4.74 Å². The van der Waals surface area contributed by atoms with Crippen LogP contribution in [0.15, 0.2) is 0 Å². The molecular formula is C6H13NO3S. The molecule has 1 fully saturated rings. The van der Waals surface area contributed by atoms with Crippen molar-refractivity contribution in [2.45, 2.75) is 25.4 Å². The summed E-state index contributed by atoms with van der Waals surface area (Å²) in [5.41, 5.74) is 0. The Morgan fingerprint density at radius 3 is 2.64 bits per heavy atom. The fourth-order valence-corrected chi connectivity index (χ4v) is 1.98. The van der Waals surface area contributed by atoms with Gasteiger partial charge in [0, 0.05) is 6.61 Å². The Morgan fingerprint density at radius 2 is 2.18 bits per heavy atom. The molecule has 5 heteroatoms. The monoisotopic (exact) mass is 179 g/mol. The van der Waals surface area contributed by atoms with Crippen molar-refractivity contribution in [1.29, 1.82) is 0 Å². The molecule has 0 aliphatic carbocycles. The standard InChI is InChI=1S/C6H13NO3S/c7-11(8,9)5-6-3-1-2-4-10-6/h6H,1-5H2,(H2,7,8,9)/t6-/m1/s1. The molecule has 0 radical (unpaired) electrons. The highest BCUT2D eigenvalue weighted by Gasteiger charge is 2.18. The van der Waals surface area contributed by atoms with E-state index in [1.807, 2.05) is 0 Å². The molecule has 0 bridgehead atoms. The van der Waals surface area contributed by atoms with Crippen molar-refractivity contribution in [2.75, 3.05) is 12.4 Å². The van der Waals surface area contributed by atoms with Crippen molar-refractivity contribution in [3.8, 4) is 0 Å². The Hall–Kier alpha value is -0.130. The fourth-order valence-electron chi connectivity index (χ4n) is 1.20. The highest BCUT2D eigenvalue weighted by Crippen LogP contribution is 2.13. The molecule has 0 aromatic rings. The van der Waals surface area contributed by atoms with Gasteiger partial charge in [-0.05, 0) is 19.3 Å². The molecule has 4 nitrogen and oxygen atoms in total. The van der Waals surface area contributed by atoms with E-state index in [0.717, 1.165) is 19.3 Å². The Labute approximate surface area is 66.8 Å². The molecular weight excluding hydrogens is 166 g/mol. The van der Waals surface area contributed by atoms with Gasteiger partial charge in [0.25, 0.3) is 0 Å². The summed E-state index contributed by atoms with van der Waals surface area (Å²) in [5, 5.41) is 4.86. The fraction of sp³-hybridized carbons (Fsp3) is 1.00. The molecule has 0 amide bonds. The van der Waals surface area contributed by atoms with E-state index in [1.165, 1.54) is 0 Å². The van der Waals surface area contributed by atoms with Crippen molar-refractivity contribution in [3.63, 3.8) is 0 Å². The SMILES string of the molecule is NS(=O)(=O)C[C@H]1CCCCO1. The zero-order chi connectivity index (χ0) is 8.32. The van der Waals surface area contributed by atoms with Crippen LogP contribution in [0, 0.1) is 0 Å². The molecule has 0 unspecified atom stereocenters. The molecule has 1 aliphatic heterocycles. The van der Waals surface area contributed by atoms with Crippen LogP contribution < -0.4 is 5.14 Å². The van der Waals surface area contributed by atoms with Crippen LogP contribution in [-0.2, 0) is 14.8 Å². The highest BCUT2D eigenvalue weighted by molar-refractivity contribution is 7.89. The number of hydrogen-bond acceptors (Lipinski definition) is 3. The third-order valence-corrected chi connectivity index (χ3v) is 2.53. The number of nitrogens with two attached hydrogens (primary N) is 1. The summed E-state index contributed by atoms with van der Waals surface area (Å²) in [6, 6.07) is 0. The lowest BCUT2D eigenvalue weighted by atomic mass is 10.1. The van der Waals surface area contributed by atoms with Crippen molar-refractivity contribution in [3.05, 3.63) is 0 Å². The molecule has 1 aliphatic rings. The predicted molar refractivity (Wildman–Crippen MR) is 41.6 cm³/mol. The molecule has 11 heavy (non-hydrogen) atoms. The van der Waals surface area contributed by atoms with Gasteiger partial charge in [0.2, 0.25) is 10.0 Å². The summed E-state index contributed by atoms with van der Waals surface area (Å²) in [6.45, 7) is 0.667. The molecule has 0 aromatic heterocycles. The first-order valence-electron chi connectivity index (χ1n) is 3.70. The van der Waals surface area contributed by atoms with E-state index in [0.29, 0.717) is 6.61 Å². The van der Waals surface area contributed by atoms with E-state index in [-0.39, 0.29) is 11.9 Å². The summed E-state index contributed by atoms with van der Waals surface area (Å²) >= 11 is 0. The molecule has 1 atom stereocenters. The molecule has 0 spiro atoms. The number of sulfonamides is 1. The van der Waals surface area contributed by atoms with E-state index >= 15 is 0 Å². The topological polar surface area (TPSA) is 69.4 Å². The second-order valence-corrected chi connectivity index (χ2v) is 4.48. The lowest BCUT2D eigenvalue weighted by Crippen LogP contribution is -2.31. The second kappa shape index (κ2) is 3.51. The molecule has 0 saturated carbocycles. The second-order valence-electron chi connectivity index (χ2n) is 2.82. The van der Waals surface area contributed by atoms with Gasteiger partial charge in [0.1, 0.15) is 0 Å². The molecule has 1 heterocycles. The number of rotatable bonds is 2. The van der Waals surface area contributed by atoms with Crippen LogP contribution in [0.25, 0.3) is 0 Å². The van der Waals surface area contributed by atoms with Gasteiger partial charge in [-0.3, -0.25) is 0 Å². The van der Waals surface area contributed by atoms with Gasteiger partial charge >= 0.3 is 0 Å². The Bertz CT molecular complexity index is 206.